The molecule has 1 aliphatic heterocycles. The molecule has 1 saturated heterocycles. The Labute approximate surface area is 140 Å². The molecule has 1 aromatic rings. The molecule has 0 spiro atoms. The molecule has 1 aliphatic rings. The summed E-state index contributed by atoms with van der Waals surface area (Å²) in [7, 11) is -1.86. The molecule has 0 atom stereocenters. The Hall–Kier alpha value is -0.140. The standard InChI is InChI=1S/C14H20BrClN2O2S/c1-17(8-9-18-6-2-3-7-18)21(19,20)14-10-12(11-16)4-5-13(14)15/h4-5,10H,2-3,6-9,11H2,1H3. The lowest BCUT2D eigenvalue weighted by Crippen LogP contribution is -2.35. The van der Waals surface area contributed by atoms with E-state index in [0.29, 0.717) is 16.9 Å². The fourth-order valence-corrected chi connectivity index (χ4v) is 4.70. The van der Waals surface area contributed by atoms with Crippen LogP contribution in [0.15, 0.2) is 27.6 Å². The highest BCUT2D eigenvalue weighted by Crippen LogP contribution is 2.26. The lowest BCUT2D eigenvalue weighted by molar-refractivity contribution is 0.310. The molecule has 0 saturated carbocycles. The summed E-state index contributed by atoms with van der Waals surface area (Å²) in [4.78, 5) is 2.58. The summed E-state index contributed by atoms with van der Waals surface area (Å²) >= 11 is 9.12. The maximum Gasteiger partial charge on any atom is 0.243 e. The average Bonchev–Trinajstić information content (AvgIpc) is 2.98. The van der Waals surface area contributed by atoms with Crippen molar-refractivity contribution in [2.24, 2.45) is 0 Å². The van der Waals surface area contributed by atoms with Crippen LogP contribution in [0, 0.1) is 0 Å². The molecule has 0 aromatic heterocycles. The zero-order chi connectivity index (χ0) is 15.5. The molecule has 0 N–H and O–H groups in total. The SMILES string of the molecule is CN(CCN1CCCC1)S(=O)(=O)c1cc(CCl)ccc1Br. The minimum Gasteiger partial charge on any atom is -0.302 e. The van der Waals surface area contributed by atoms with Crippen LogP contribution < -0.4 is 0 Å². The molecule has 21 heavy (non-hydrogen) atoms. The van der Waals surface area contributed by atoms with Crippen molar-refractivity contribution >= 4 is 37.6 Å². The third-order valence-corrected chi connectivity index (χ3v) is 6.93. The molecule has 1 heterocycles. The Bertz CT molecular complexity index is 589. The molecule has 0 unspecified atom stereocenters. The van der Waals surface area contributed by atoms with Gasteiger partial charge in [-0.3, -0.25) is 0 Å². The highest BCUT2D eigenvalue weighted by molar-refractivity contribution is 9.10. The van der Waals surface area contributed by atoms with E-state index in [4.69, 9.17) is 11.6 Å². The maximum atomic E-state index is 12.7. The summed E-state index contributed by atoms with van der Waals surface area (Å²) < 4.78 is 27.3. The minimum atomic E-state index is -3.49. The van der Waals surface area contributed by atoms with Crippen LogP contribution in [0.1, 0.15) is 18.4 Å². The van der Waals surface area contributed by atoms with Crippen LogP contribution in [-0.2, 0) is 15.9 Å². The smallest absolute Gasteiger partial charge is 0.243 e. The second kappa shape index (κ2) is 7.42. The van der Waals surface area contributed by atoms with Crippen molar-refractivity contribution in [2.75, 3.05) is 33.2 Å². The average molecular weight is 396 g/mol. The summed E-state index contributed by atoms with van der Waals surface area (Å²) in [6.45, 7) is 3.42. The summed E-state index contributed by atoms with van der Waals surface area (Å²) in [5.74, 6) is 0.299. The van der Waals surface area contributed by atoms with Gasteiger partial charge in [0, 0.05) is 30.5 Å². The first-order chi connectivity index (χ1) is 9.95. The van der Waals surface area contributed by atoms with Gasteiger partial charge in [-0.15, -0.1) is 11.6 Å². The van der Waals surface area contributed by atoms with Crippen LogP contribution in [-0.4, -0.2) is 50.8 Å². The molecule has 7 heteroatoms. The Morgan fingerprint density at radius 2 is 2.00 bits per heavy atom. The zero-order valence-electron chi connectivity index (χ0n) is 12.1. The normalized spacial score (nSPS) is 16.8. The predicted octanol–water partition coefficient (Wildman–Crippen LogP) is 2.90. The first-order valence-corrected chi connectivity index (χ1v) is 9.75. The molecular formula is C14H20BrClN2O2S. The van der Waals surface area contributed by atoms with E-state index in [1.807, 2.05) is 6.07 Å². The molecular weight excluding hydrogens is 376 g/mol. The first-order valence-electron chi connectivity index (χ1n) is 6.98. The van der Waals surface area contributed by atoms with E-state index in [1.165, 1.54) is 17.1 Å². The molecule has 1 aromatic carbocycles. The molecule has 0 bridgehead atoms. The number of alkyl halides is 1. The summed E-state index contributed by atoms with van der Waals surface area (Å²) in [6, 6.07) is 5.19. The van der Waals surface area contributed by atoms with Crippen LogP contribution in [0.5, 0.6) is 0 Å². The fourth-order valence-electron chi connectivity index (χ4n) is 2.41. The van der Waals surface area contributed by atoms with Gasteiger partial charge in [0.2, 0.25) is 10.0 Å². The Balaban J connectivity index is 2.12. The number of likely N-dealkylation sites (tertiary alicyclic amines) is 1. The lowest BCUT2D eigenvalue weighted by Gasteiger charge is -2.22. The van der Waals surface area contributed by atoms with Gasteiger partial charge < -0.3 is 4.90 Å². The highest BCUT2D eigenvalue weighted by Gasteiger charge is 2.24. The van der Waals surface area contributed by atoms with Gasteiger partial charge in [0.15, 0.2) is 0 Å². The van der Waals surface area contributed by atoms with E-state index >= 15 is 0 Å². The fraction of sp³-hybridized carbons (Fsp3) is 0.571. The molecule has 0 aliphatic carbocycles. The quantitative estimate of drug-likeness (QED) is 0.695. The van der Waals surface area contributed by atoms with E-state index in [-0.39, 0.29) is 4.90 Å². The van der Waals surface area contributed by atoms with Crippen LogP contribution in [0.2, 0.25) is 0 Å². The maximum absolute atomic E-state index is 12.7. The van der Waals surface area contributed by atoms with Crippen molar-refractivity contribution < 1.29 is 8.42 Å². The van der Waals surface area contributed by atoms with Gasteiger partial charge in [-0.25, -0.2) is 8.42 Å². The van der Waals surface area contributed by atoms with Crippen LogP contribution in [0.3, 0.4) is 0 Å². The van der Waals surface area contributed by atoms with E-state index in [1.54, 1.807) is 19.2 Å². The molecule has 4 nitrogen and oxygen atoms in total. The van der Waals surface area contributed by atoms with Gasteiger partial charge in [-0.05, 0) is 59.6 Å². The van der Waals surface area contributed by atoms with E-state index in [2.05, 4.69) is 20.8 Å². The zero-order valence-corrected chi connectivity index (χ0v) is 15.2. The second-order valence-corrected chi connectivity index (χ2v) is 8.41. The number of nitrogens with zero attached hydrogens (tertiary/aromatic N) is 2. The van der Waals surface area contributed by atoms with Crippen LogP contribution in [0.25, 0.3) is 0 Å². The molecule has 2 rings (SSSR count). The Kier molecular flexibility index (Phi) is 6.08. The minimum absolute atomic E-state index is 0.282. The van der Waals surface area contributed by atoms with Gasteiger partial charge in [0.05, 0.1) is 4.90 Å². The van der Waals surface area contributed by atoms with Crippen LogP contribution in [0.4, 0.5) is 0 Å². The Morgan fingerprint density at radius 1 is 1.33 bits per heavy atom. The van der Waals surface area contributed by atoms with Gasteiger partial charge >= 0.3 is 0 Å². The molecule has 1 fully saturated rings. The van der Waals surface area contributed by atoms with Gasteiger partial charge in [0.25, 0.3) is 0 Å². The van der Waals surface area contributed by atoms with Crippen molar-refractivity contribution in [2.45, 2.75) is 23.6 Å². The monoisotopic (exact) mass is 394 g/mol. The molecule has 0 amide bonds. The van der Waals surface area contributed by atoms with E-state index in [9.17, 15) is 8.42 Å². The van der Waals surface area contributed by atoms with Gasteiger partial charge in [-0.1, -0.05) is 6.07 Å². The van der Waals surface area contributed by atoms with Crippen molar-refractivity contribution in [3.63, 3.8) is 0 Å². The number of likely N-dealkylation sites (N-methyl/N-ethyl adjacent to an activating group) is 1. The van der Waals surface area contributed by atoms with Crippen molar-refractivity contribution in [1.29, 1.82) is 0 Å². The summed E-state index contributed by atoms with van der Waals surface area (Å²) in [5.41, 5.74) is 0.798. The number of hydrogen-bond acceptors (Lipinski definition) is 3. The van der Waals surface area contributed by atoms with Crippen LogP contribution >= 0.6 is 27.5 Å². The third kappa shape index (κ3) is 4.20. The number of benzene rings is 1. The van der Waals surface area contributed by atoms with Crippen molar-refractivity contribution in [1.82, 2.24) is 9.21 Å². The number of sulfonamides is 1. The van der Waals surface area contributed by atoms with Crippen molar-refractivity contribution in [3.8, 4) is 0 Å². The summed E-state index contributed by atoms with van der Waals surface area (Å²) in [5, 5.41) is 0. The second-order valence-electron chi connectivity index (χ2n) is 5.27. The number of halogens is 2. The highest BCUT2D eigenvalue weighted by atomic mass is 79.9. The molecule has 0 radical (unpaired) electrons. The lowest BCUT2D eigenvalue weighted by atomic mass is 10.2. The van der Waals surface area contributed by atoms with E-state index < -0.39 is 10.0 Å². The van der Waals surface area contributed by atoms with Gasteiger partial charge in [-0.2, -0.15) is 4.31 Å². The molecule has 118 valence electrons. The largest absolute Gasteiger partial charge is 0.302 e. The third-order valence-electron chi connectivity index (χ3n) is 3.77. The topological polar surface area (TPSA) is 40.6 Å². The first kappa shape index (κ1) is 17.2. The van der Waals surface area contributed by atoms with Crippen molar-refractivity contribution in [3.05, 3.63) is 28.2 Å². The number of hydrogen-bond donors (Lipinski definition) is 0. The Morgan fingerprint density at radius 3 is 2.62 bits per heavy atom. The predicted molar refractivity (Wildman–Crippen MR) is 89.2 cm³/mol. The van der Waals surface area contributed by atoms with E-state index in [0.717, 1.165) is 25.2 Å². The summed E-state index contributed by atoms with van der Waals surface area (Å²) in [6.07, 6.45) is 2.42. The number of rotatable bonds is 6. The van der Waals surface area contributed by atoms with Gasteiger partial charge in [0.1, 0.15) is 0 Å².